The van der Waals surface area contributed by atoms with Gasteiger partial charge in [-0.15, -0.1) is 21.5 Å². The molecule has 4 aromatic rings. The maximum atomic E-state index is 12.7. The van der Waals surface area contributed by atoms with Crippen molar-refractivity contribution in [2.45, 2.75) is 12.5 Å². The van der Waals surface area contributed by atoms with Gasteiger partial charge in [0.1, 0.15) is 0 Å². The average Bonchev–Trinajstić information content (AvgIpc) is 3.44. The Morgan fingerprint density at radius 2 is 2.26 bits per heavy atom. The second-order valence-electron chi connectivity index (χ2n) is 5.85. The molecule has 138 valence electrons. The number of nitrogens with zero attached hydrogens (tertiary/aromatic N) is 4. The number of fused-ring (bicyclic) bond motifs is 1. The second-order valence-corrected chi connectivity index (χ2v) is 7.78. The van der Waals surface area contributed by atoms with E-state index in [1.165, 1.54) is 11.3 Å². The molecule has 0 aromatic carbocycles. The second kappa shape index (κ2) is 7.93. The molecule has 0 aliphatic carbocycles. The summed E-state index contributed by atoms with van der Waals surface area (Å²) >= 11 is 3.25. The Morgan fingerprint density at radius 3 is 3.07 bits per heavy atom. The summed E-state index contributed by atoms with van der Waals surface area (Å²) in [4.78, 5) is 13.7. The Kier molecular flexibility index (Phi) is 5.21. The summed E-state index contributed by atoms with van der Waals surface area (Å²) in [5, 5.41) is 17.4. The van der Waals surface area contributed by atoms with Gasteiger partial charge >= 0.3 is 0 Å². The van der Waals surface area contributed by atoms with Gasteiger partial charge in [0, 0.05) is 12.3 Å². The molecule has 0 spiro atoms. The molecule has 27 heavy (non-hydrogen) atoms. The number of carbonyl (C=O) groups is 1. The summed E-state index contributed by atoms with van der Waals surface area (Å²) in [5.41, 5.74) is 0.999. The molecule has 9 heteroatoms. The van der Waals surface area contributed by atoms with Crippen LogP contribution in [0.15, 0.2) is 52.5 Å². The molecule has 4 heterocycles. The van der Waals surface area contributed by atoms with Crippen LogP contribution in [0.25, 0.3) is 16.3 Å². The zero-order valence-electron chi connectivity index (χ0n) is 14.5. The fourth-order valence-electron chi connectivity index (χ4n) is 2.75. The van der Waals surface area contributed by atoms with Crippen molar-refractivity contribution in [1.29, 1.82) is 0 Å². The van der Waals surface area contributed by atoms with Crippen LogP contribution in [0.4, 0.5) is 0 Å². The molecule has 1 amide bonds. The van der Waals surface area contributed by atoms with E-state index >= 15 is 0 Å². The van der Waals surface area contributed by atoms with Crippen molar-refractivity contribution >= 4 is 34.7 Å². The van der Waals surface area contributed by atoms with Crippen molar-refractivity contribution in [3.63, 3.8) is 0 Å². The van der Waals surface area contributed by atoms with Crippen LogP contribution in [-0.4, -0.2) is 37.7 Å². The lowest BCUT2D eigenvalue weighted by molar-refractivity contribution is 0.0924. The van der Waals surface area contributed by atoms with E-state index in [-0.39, 0.29) is 17.6 Å². The van der Waals surface area contributed by atoms with Crippen LogP contribution in [0.5, 0.6) is 0 Å². The number of aromatic nitrogens is 4. The van der Waals surface area contributed by atoms with Crippen molar-refractivity contribution in [1.82, 2.24) is 25.1 Å². The zero-order valence-corrected chi connectivity index (χ0v) is 16.2. The van der Waals surface area contributed by atoms with Crippen LogP contribution in [-0.2, 0) is 0 Å². The third-order valence-corrected chi connectivity index (χ3v) is 5.60. The van der Waals surface area contributed by atoms with Crippen LogP contribution in [0.2, 0.25) is 0 Å². The molecule has 0 saturated carbocycles. The molecule has 0 aliphatic heterocycles. The molecule has 4 rings (SSSR count). The Morgan fingerprint density at radius 1 is 1.33 bits per heavy atom. The number of nitrogens with one attached hydrogen (secondary N) is 1. The van der Waals surface area contributed by atoms with E-state index in [1.54, 1.807) is 17.8 Å². The number of amides is 1. The standard InChI is InChI=1S/C18H17N5O2S2/c1-26-10-7-12(17-21-20-16-6-2-3-8-23(16)17)19-18(24)13-11-14(25-22-13)15-5-4-9-27-15/h2-6,8-9,11-12H,7,10H2,1H3,(H,19,24). The highest BCUT2D eigenvalue weighted by atomic mass is 32.2. The minimum Gasteiger partial charge on any atom is -0.355 e. The van der Waals surface area contributed by atoms with Gasteiger partial charge in [0.15, 0.2) is 22.9 Å². The lowest BCUT2D eigenvalue weighted by atomic mass is 10.2. The minimum absolute atomic E-state index is 0.251. The molecule has 1 N–H and O–H groups in total. The molecule has 7 nitrogen and oxygen atoms in total. The molecule has 1 atom stereocenters. The summed E-state index contributed by atoms with van der Waals surface area (Å²) < 4.78 is 7.21. The van der Waals surface area contributed by atoms with E-state index in [2.05, 4.69) is 20.7 Å². The number of hydrogen-bond donors (Lipinski definition) is 1. The third kappa shape index (κ3) is 3.74. The largest absolute Gasteiger partial charge is 0.355 e. The lowest BCUT2D eigenvalue weighted by Gasteiger charge is -2.16. The van der Waals surface area contributed by atoms with E-state index in [9.17, 15) is 4.79 Å². The first-order valence-corrected chi connectivity index (χ1v) is 10.6. The van der Waals surface area contributed by atoms with E-state index in [0.717, 1.165) is 22.7 Å². The van der Waals surface area contributed by atoms with Gasteiger partial charge in [-0.1, -0.05) is 17.3 Å². The molecule has 0 bridgehead atoms. The molecule has 4 aromatic heterocycles. The summed E-state index contributed by atoms with van der Waals surface area (Å²) in [6.45, 7) is 0. The van der Waals surface area contributed by atoms with Crippen LogP contribution >= 0.6 is 23.1 Å². The number of pyridine rings is 1. The van der Waals surface area contributed by atoms with Crippen molar-refractivity contribution in [2.24, 2.45) is 0 Å². The topological polar surface area (TPSA) is 85.3 Å². The van der Waals surface area contributed by atoms with Gasteiger partial charge in [-0.3, -0.25) is 9.20 Å². The smallest absolute Gasteiger partial charge is 0.274 e. The SMILES string of the molecule is CSCCC(NC(=O)c1cc(-c2cccs2)on1)c1nnc2ccccn12. The quantitative estimate of drug-likeness (QED) is 0.510. The number of hydrogen-bond acceptors (Lipinski definition) is 7. The van der Waals surface area contributed by atoms with Gasteiger partial charge in [-0.05, 0) is 42.0 Å². The van der Waals surface area contributed by atoms with Gasteiger partial charge in [-0.2, -0.15) is 11.8 Å². The minimum atomic E-state index is -0.291. The summed E-state index contributed by atoms with van der Waals surface area (Å²) in [6.07, 6.45) is 4.66. The van der Waals surface area contributed by atoms with E-state index in [1.807, 2.05) is 52.6 Å². The fourth-order valence-corrected chi connectivity index (χ4v) is 3.89. The van der Waals surface area contributed by atoms with Crippen LogP contribution < -0.4 is 5.32 Å². The predicted molar refractivity (Wildman–Crippen MR) is 106 cm³/mol. The van der Waals surface area contributed by atoms with Gasteiger partial charge in [0.05, 0.1) is 10.9 Å². The highest BCUT2D eigenvalue weighted by molar-refractivity contribution is 7.98. The lowest BCUT2D eigenvalue weighted by Crippen LogP contribution is -2.30. The molecule has 0 fully saturated rings. The zero-order chi connectivity index (χ0) is 18.6. The highest BCUT2D eigenvalue weighted by Crippen LogP contribution is 2.25. The van der Waals surface area contributed by atoms with E-state index in [0.29, 0.717) is 11.6 Å². The number of thioether (sulfide) groups is 1. The summed E-state index contributed by atoms with van der Waals surface area (Å²) in [5.74, 6) is 1.88. The van der Waals surface area contributed by atoms with Crippen LogP contribution in [0.3, 0.4) is 0 Å². The van der Waals surface area contributed by atoms with Crippen LogP contribution in [0.1, 0.15) is 28.8 Å². The molecule has 0 aliphatic rings. The van der Waals surface area contributed by atoms with Crippen molar-refractivity contribution in [3.8, 4) is 10.6 Å². The normalized spacial score (nSPS) is 12.3. The Labute approximate surface area is 163 Å². The highest BCUT2D eigenvalue weighted by Gasteiger charge is 2.23. The first kappa shape index (κ1) is 17.7. The maximum absolute atomic E-state index is 12.7. The number of rotatable bonds is 7. The number of carbonyl (C=O) groups excluding carboxylic acids is 1. The molecule has 0 radical (unpaired) electrons. The fraction of sp³-hybridized carbons (Fsp3) is 0.222. The predicted octanol–water partition coefficient (Wildman–Crippen LogP) is 3.67. The molecular weight excluding hydrogens is 382 g/mol. The van der Waals surface area contributed by atoms with Crippen LogP contribution in [0, 0.1) is 0 Å². The van der Waals surface area contributed by atoms with Crippen molar-refractivity contribution in [3.05, 3.63) is 59.5 Å². The van der Waals surface area contributed by atoms with Gasteiger partial charge < -0.3 is 9.84 Å². The van der Waals surface area contributed by atoms with Gasteiger partial charge in [0.25, 0.3) is 5.91 Å². The Hall–Kier alpha value is -2.65. The first-order chi connectivity index (χ1) is 13.3. The van der Waals surface area contributed by atoms with Gasteiger partial charge in [0.2, 0.25) is 0 Å². The molecule has 1 unspecified atom stereocenters. The Bertz CT molecular complexity index is 1040. The van der Waals surface area contributed by atoms with Crippen molar-refractivity contribution < 1.29 is 9.32 Å². The van der Waals surface area contributed by atoms with E-state index in [4.69, 9.17) is 4.52 Å². The Balaban J connectivity index is 1.57. The number of thiophene rings is 1. The summed E-state index contributed by atoms with van der Waals surface area (Å²) in [6, 6.07) is 10.9. The molecular formula is C18H17N5O2S2. The third-order valence-electron chi connectivity index (χ3n) is 4.07. The monoisotopic (exact) mass is 399 g/mol. The van der Waals surface area contributed by atoms with E-state index < -0.39 is 0 Å². The molecule has 0 saturated heterocycles. The average molecular weight is 400 g/mol. The van der Waals surface area contributed by atoms with Crippen molar-refractivity contribution in [2.75, 3.05) is 12.0 Å². The maximum Gasteiger partial charge on any atom is 0.274 e. The summed E-state index contributed by atoms with van der Waals surface area (Å²) in [7, 11) is 0. The van der Waals surface area contributed by atoms with Gasteiger partial charge in [-0.25, -0.2) is 0 Å². The first-order valence-electron chi connectivity index (χ1n) is 8.36.